The molecule has 1 atom stereocenters. The molecule has 0 bridgehead atoms. The van der Waals surface area contributed by atoms with Gasteiger partial charge < -0.3 is 20.9 Å². The number of hydrogen-bond acceptors (Lipinski definition) is 3. The first-order valence-electron chi connectivity index (χ1n) is 9.49. The number of guanidine groups is 1. The summed E-state index contributed by atoms with van der Waals surface area (Å²) in [6.45, 7) is 4.55. The molecule has 0 saturated carbocycles. The second kappa shape index (κ2) is 9.85. The molecule has 1 fully saturated rings. The van der Waals surface area contributed by atoms with Crippen molar-refractivity contribution in [2.75, 3.05) is 31.6 Å². The largest absolute Gasteiger partial charge is 0.360 e. The number of halogens is 2. The maximum Gasteiger partial charge on any atom is 0.239 e. The molecular weight excluding hydrogens is 409 g/mol. The summed E-state index contributed by atoms with van der Waals surface area (Å²) in [5.74, 6) is 0.743. The van der Waals surface area contributed by atoms with Crippen LogP contribution in [0.3, 0.4) is 0 Å². The molecule has 2 aromatic rings. The summed E-state index contributed by atoms with van der Waals surface area (Å²) in [5.41, 5.74) is 3.13. The van der Waals surface area contributed by atoms with Gasteiger partial charge in [-0.3, -0.25) is 9.79 Å². The third-order valence-corrected chi connectivity index (χ3v) is 5.37. The molecule has 29 heavy (non-hydrogen) atoms. The molecule has 2 aromatic carbocycles. The van der Waals surface area contributed by atoms with Crippen LogP contribution in [-0.4, -0.2) is 38.5 Å². The molecule has 154 valence electrons. The van der Waals surface area contributed by atoms with Gasteiger partial charge in [0.15, 0.2) is 5.96 Å². The van der Waals surface area contributed by atoms with Gasteiger partial charge in [0.1, 0.15) is 0 Å². The molecule has 0 spiro atoms. The van der Waals surface area contributed by atoms with Crippen molar-refractivity contribution >= 4 is 40.8 Å². The highest BCUT2D eigenvalue weighted by Crippen LogP contribution is 2.26. The zero-order valence-electron chi connectivity index (χ0n) is 16.5. The summed E-state index contributed by atoms with van der Waals surface area (Å²) in [6.07, 6.45) is 0. The highest BCUT2D eigenvalue weighted by atomic mass is 35.5. The molecule has 1 heterocycles. The van der Waals surface area contributed by atoms with Crippen LogP contribution in [0.15, 0.2) is 47.5 Å². The molecule has 1 saturated heterocycles. The van der Waals surface area contributed by atoms with Crippen LogP contribution in [-0.2, 0) is 11.3 Å². The van der Waals surface area contributed by atoms with E-state index in [0.29, 0.717) is 35.6 Å². The third kappa shape index (κ3) is 5.78. The van der Waals surface area contributed by atoms with Crippen LogP contribution in [0.2, 0.25) is 10.0 Å². The number of nitrogens with one attached hydrogen (secondary N) is 3. The number of carbonyl (C=O) groups is 1. The van der Waals surface area contributed by atoms with Crippen LogP contribution >= 0.6 is 23.2 Å². The van der Waals surface area contributed by atoms with Gasteiger partial charge in [-0.2, -0.15) is 0 Å². The number of nitrogens with zero attached hydrogens (tertiary/aromatic N) is 2. The normalized spacial score (nSPS) is 15.7. The second-order valence-corrected chi connectivity index (χ2v) is 7.74. The van der Waals surface area contributed by atoms with Crippen LogP contribution in [0, 0.1) is 0 Å². The van der Waals surface area contributed by atoms with E-state index in [0.717, 1.165) is 23.4 Å². The van der Waals surface area contributed by atoms with Gasteiger partial charge in [-0.25, -0.2) is 0 Å². The van der Waals surface area contributed by atoms with Crippen molar-refractivity contribution in [3.63, 3.8) is 0 Å². The van der Waals surface area contributed by atoms with Gasteiger partial charge in [-0.05, 0) is 42.3 Å². The minimum Gasteiger partial charge on any atom is -0.360 e. The highest BCUT2D eigenvalue weighted by Gasteiger charge is 2.16. The van der Waals surface area contributed by atoms with Gasteiger partial charge in [0.25, 0.3) is 0 Å². The molecule has 0 aromatic heterocycles. The van der Waals surface area contributed by atoms with Crippen LogP contribution in [0.25, 0.3) is 0 Å². The molecular formula is C21H25Cl2N5O. The lowest BCUT2D eigenvalue weighted by Crippen LogP contribution is -2.47. The summed E-state index contributed by atoms with van der Waals surface area (Å²) >= 11 is 12.3. The first kappa shape index (κ1) is 21.3. The number of piperazine rings is 1. The second-order valence-electron chi connectivity index (χ2n) is 6.90. The Morgan fingerprint density at radius 3 is 2.66 bits per heavy atom. The van der Waals surface area contributed by atoms with Gasteiger partial charge in [0, 0.05) is 42.4 Å². The number of amides is 1. The SMILES string of the molecule is CN=C(NCc1ccc(N2CCNC(=O)C2)cc1)NC(C)c1ccc(Cl)cc1Cl. The Morgan fingerprint density at radius 2 is 2.00 bits per heavy atom. The molecule has 3 N–H and O–H groups in total. The van der Waals surface area contributed by atoms with Gasteiger partial charge in [0.05, 0.1) is 12.6 Å². The number of aliphatic imine (C=N–C) groups is 1. The smallest absolute Gasteiger partial charge is 0.239 e. The van der Waals surface area contributed by atoms with E-state index in [4.69, 9.17) is 23.2 Å². The van der Waals surface area contributed by atoms with E-state index < -0.39 is 0 Å². The van der Waals surface area contributed by atoms with E-state index in [-0.39, 0.29) is 11.9 Å². The standard InChI is InChI=1S/C21H25Cl2N5O/c1-14(18-8-5-16(22)11-19(18)23)27-21(24-2)26-12-15-3-6-17(7-4-15)28-10-9-25-20(29)13-28/h3-8,11,14H,9-10,12-13H2,1-2H3,(H,25,29)(H2,24,26,27). The van der Waals surface area contributed by atoms with E-state index in [9.17, 15) is 4.79 Å². The predicted molar refractivity (Wildman–Crippen MR) is 120 cm³/mol. The summed E-state index contributed by atoms with van der Waals surface area (Å²) in [4.78, 5) is 17.9. The molecule has 3 rings (SSSR count). The maximum atomic E-state index is 11.6. The average Bonchev–Trinajstić information content (AvgIpc) is 2.71. The lowest BCUT2D eigenvalue weighted by atomic mass is 10.1. The Kier molecular flexibility index (Phi) is 7.23. The van der Waals surface area contributed by atoms with E-state index in [1.54, 1.807) is 13.1 Å². The van der Waals surface area contributed by atoms with Crippen molar-refractivity contribution in [2.24, 2.45) is 4.99 Å². The van der Waals surface area contributed by atoms with Crippen molar-refractivity contribution < 1.29 is 4.79 Å². The first-order chi connectivity index (χ1) is 14.0. The van der Waals surface area contributed by atoms with E-state index in [2.05, 4.69) is 38.0 Å². The Balaban J connectivity index is 1.55. The summed E-state index contributed by atoms with van der Waals surface area (Å²) in [6, 6.07) is 13.6. The lowest BCUT2D eigenvalue weighted by Gasteiger charge is -2.28. The maximum absolute atomic E-state index is 11.6. The van der Waals surface area contributed by atoms with Gasteiger partial charge in [-0.15, -0.1) is 0 Å². The quantitative estimate of drug-likeness (QED) is 0.499. The Bertz CT molecular complexity index is 885. The van der Waals surface area contributed by atoms with Crippen LogP contribution in [0.4, 0.5) is 5.69 Å². The first-order valence-corrected chi connectivity index (χ1v) is 10.2. The molecule has 0 aliphatic carbocycles. The number of hydrogen-bond donors (Lipinski definition) is 3. The summed E-state index contributed by atoms with van der Waals surface area (Å²) in [7, 11) is 1.73. The predicted octanol–water partition coefficient (Wildman–Crippen LogP) is 3.36. The summed E-state index contributed by atoms with van der Waals surface area (Å²) < 4.78 is 0. The monoisotopic (exact) mass is 433 g/mol. The minimum atomic E-state index is -0.0291. The molecule has 8 heteroatoms. The zero-order chi connectivity index (χ0) is 20.8. The Labute approximate surface area is 181 Å². The fourth-order valence-corrected chi connectivity index (χ4v) is 3.77. The van der Waals surface area contributed by atoms with Crippen molar-refractivity contribution in [1.82, 2.24) is 16.0 Å². The van der Waals surface area contributed by atoms with Crippen LogP contribution < -0.4 is 20.9 Å². The zero-order valence-corrected chi connectivity index (χ0v) is 18.0. The third-order valence-electron chi connectivity index (χ3n) is 4.81. The van der Waals surface area contributed by atoms with Gasteiger partial charge in [-0.1, -0.05) is 41.4 Å². The lowest BCUT2D eigenvalue weighted by molar-refractivity contribution is -0.120. The highest BCUT2D eigenvalue weighted by molar-refractivity contribution is 6.35. The van der Waals surface area contributed by atoms with Crippen molar-refractivity contribution in [1.29, 1.82) is 0 Å². The van der Waals surface area contributed by atoms with E-state index in [1.165, 1.54) is 0 Å². The van der Waals surface area contributed by atoms with Crippen molar-refractivity contribution in [2.45, 2.75) is 19.5 Å². The Morgan fingerprint density at radius 1 is 1.24 bits per heavy atom. The summed E-state index contributed by atoms with van der Waals surface area (Å²) in [5, 5.41) is 10.7. The molecule has 1 aliphatic heterocycles. The topological polar surface area (TPSA) is 68.8 Å². The van der Waals surface area contributed by atoms with Gasteiger partial charge in [0.2, 0.25) is 5.91 Å². The van der Waals surface area contributed by atoms with E-state index >= 15 is 0 Å². The van der Waals surface area contributed by atoms with Crippen molar-refractivity contribution in [3.05, 3.63) is 63.6 Å². The van der Waals surface area contributed by atoms with Crippen molar-refractivity contribution in [3.8, 4) is 0 Å². The Hall–Kier alpha value is -2.44. The molecule has 1 unspecified atom stereocenters. The van der Waals surface area contributed by atoms with Crippen LogP contribution in [0.5, 0.6) is 0 Å². The minimum absolute atomic E-state index is 0.0291. The number of benzene rings is 2. The molecule has 0 radical (unpaired) electrons. The molecule has 6 nitrogen and oxygen atoms in total. The van der Waals surface area contributed by atoms with Crippen LogP contribution in [0.1, 0.15) is 24.1 Å². The molecule has 1 amide bonds. The number of anilines is 1. The fourth-order valence-electron chi connectivity index (χ4n) is 3.20. The average molecular weight is 434 g/mol. The number of carbonyl (C=O) groups excluding carboxylic acids is 1. The fraction of sp³-hybridized carbons (Fsp3) is 0.333. The molecule has 1 aliphatic rings. The van der Waals surface area contributed by atoms with Gasteiger partial charge >= 0.3 is 0 Å². The van der Waals surface area contributed by atoms with E-state index in [1.807, 2.05) is 31.2 Å². The number of rotatable bonds is 5.